The second kappa shape index (κ2) is 6.05. The molecule has 2 saturated carbocycles. The zero-order valence-electron chi connectivity index (χ0n) is 17.3. The second-order valence-electron chi connectivity index (χ2n) is 10.3. The van der Waals surface area contributed by atoms with Crippen molar-refractivity contribution in [2.24, 2.45) is 22.7 Å². The third kappa shape index (κ3) is 3.18. The first kappa shape index (κ1) is 20.3. The molecule has 0 aromatic carbocycles. The first-order chi connectivity index (χ1) is 11.8. The molecular formula is C21H36O4S. The van der Waals surface area contributed by atoms with Crippen LogP contribution in [0.3, 0.4) is 0 Å². The summed E-state index contributed by atoms with van der Waals surface area (Å²) in [5.41, 5.74) is -0.388. The molecule has 3 aliphatic rings. The van der Waals surface area contributed by atoms with Crippen LogP contribution >= 0.6 is 0 Å². The molecule has 1 heterocycles. The van der Waals surface area contributed by atoms with E-state index in [-0.39, 0.29) is 28.1 Å². The molecule has 0 radical (unpaired) electrons. The van der Waals surface area contributed by atoms with Gasteiger partial charge in [0.15, 0.2) is 0 Å². The third-order valence-corrected chi connectivity index (χ3v) is 8.63. The fraction of sp³-hybridized carbons (Fsp3) is 0.905. The summed E-state index contributed by atoms with van der Waals surface area (Å²) in [7, 11) is -3.44. The van der Waals surface area contributed by atoms with Crippen LogP contribution in [0, 0.1) is 22.7 Å². The number of ether oxygens (including phenoxy) is 1. The van der Waals surface area contributed by atoms with Crippen molar-refractivity contribution in [2.45, 2.75) is 90.4 Å². The Labute approximate surface area is 159 Å². The van der Waals surface area contributed by atoms with Gasteiger partial charge in [0.2, 0.25) is 0 Å². The largest absolute Gasteiger partial charge is 0.365 e. The lowest BCUT2D eigenvalue weighted by Crippen LogP contribution is -2.64. The van der Waals surface area contributed by atoms with Gasteiger partial charge in [-0.05, 0) is 75.0 Å². The van der Waals surface area contributed by atoms with Crippen LogP contribution in [0.2, 0.25) is 0 Å². The first-order valence-electron chi connectivity index (χ1n) is 9.98. The topological polar surface area (TPSA) is 52.6 Å². The van der Waals surface area contributed by atoms with Gasteiger partial charge in [-0.2, -0.15) is 8.42 Å². The Morgan fingerprint density at radius 1 is 1.00 bits per heavy atom. The van der Waals surface area contributed by atoms with Crippen molar-refractivity contribution in [1.82, 2.24) is 0 Å². The molecule has 0 amide bonds. The molecule has 6 atom stereocenters. The molecule has 3 fully saturated rings. The van der Waals surface area contributed by atoms with Gasteiger partial charge >= 0.3 is 0 Å². The molecule has 3 rings (SSSR count). The van der Waals surface area contributed by atoms with Crippen molar-refractivity contribution >= 4 is 10.1 Å². The van der Waals surface area contributed by atoms with Crippen LogP contribution in [-0.4, -0.2) is 32.0 Å². The fourth-order valence-electron chi connectivity index (χ4n) is 6.78. The lowest BCUT2D eigenvalue weighted by molar-refractivity contribution is -0.260. The van der Waals surface area contributed by atoms with E-state index in [1.807, 2.05) is 6.08 Å². The molecule has 5 heteroatoms. The third-order valence-electron chi connectivity index (χ3n) is 8.05. The van der Waals surface area contributed by atoms with E-state index < -0.39 is 10.1 Å². The summed E-state index contributed by atoms with van der Waals surface area (Å²) in [6, 6.07) is 0. The number of fused-ring (bicyclic) bond motifs is 3. The van der Waals surface area contributed by atoms with Crippen LogP contribution in [0.4, 0.5) is 0 Å². The highest BCUT2D eigenvalue weighted by Crippen LogP contribution is 2.66. The van der Waals surface area contributed by atoms with E-state index in [1.165, 1.54) is 6.26 Å². The Hall–Kier alpha value is -0.390. The molecule has 150 valence electrons. The van der Waals surface area contributed by atoms with Crippen LogP contribution in [0.15, 0.2) is 12.7 Å². The number of rotatable bonds is 3. The van der Waals surface area contributed by atoms with Crippen molar-refractivity contribution in [1.29, 1.82) is 0 Å². The summed E-state index contributed by atoms with van der Waals surface area (Å²) in [6.45, 7) is 15.2. The minimum Gasteiger partial charge on any atom is -0.365 e. The highest BCUT2D eigenvalue weighted by atomic mass is 32.2. The van der Waals surface area contributed by atoms with Gasteiger partial charge in [-0.15, -0.1) is 6.58 Å². The van der Waals surface area contributed by atoms with E-state index in [1.54, 1.807) is 0 Å². The van der Waals surface area contributed by atoms with Gasteiger partial charge in [0.1, 0.15) is 0 Å². The van der Waals surface area contributed by atoms with Crippen molar-refractivity contribution in [3.8, 4) is 0 Å². The average molecular weight is 385 g/mol. The summed E-state index contributed by atoms with van der Waals surface area (Å²) in [5.74, 6) is 0.922. The lowest BCUT2D eigenvalue weighted by atomic mass is 9.44. The zero-order valence-corrected chi connectivity index (χ0v) is 18.1. The van der Waals surface area contributed by atoms with Crippen molar-refractivity contribution < 1.29 is 17.3 Å². The fourth-order valence-corrected chi connectivity index (χ4v) is 7.55. The first-order valence-corrected chi connectivity index (χ1v) is 11.8. The Kier molecular flexibility index (Phi) is 4.74. The molecule has 2 aliphatic carbocycles. The van der Waals surface area contributed by atoms with E-state index in [0.717, 1.165) is 38.5 Å². The van der Waals surface area contributed by atoms with Gasteiger partial charge in [0.25, 0.3) is 10.1 Å². The highest BCUT2D eigenvalue weighted by molar-refractivity contribution is 7.86. The van der Waals surface area contributed by atoms with Crippen molar-refractivity contribution in [3.63, 3.8) is 0 Å². The van der Waals surface area contributed by atoms with Crippen molar-refractivity contribution in [3.05, 3.63) is 12.7 Å². The maximum absolute atomic E-state index is 11.8. The van der Waals surface area contributed by atoms with E-state index in [9.17, 15) is 8.42 Å². The SMILES string of the molecule is C=C[C@@]1(C)CC[C@@H]2[C@](C)(CCC3C(C)(C)[C@H](OS(C)(=O)=O)CC[C@]32C)O1. The van der Waals surface area contributed by atoms with Gasteiger partial charge in [0.05, 0.1) is 23.6 Å². The predicted molar refractivity (Wildman–Crippen MR) is 104 cm³/mol. The normalized spacial score (nSPS) is 48.3. The van der Waals surface area contributed by atoms with Crippen LogP contribution < -0.4 is 0 Å². The Balaban J connectivity index is 1.91. The monoisotopic (exact) mass is 384 g/mol. The van der Waals surface area contributed by atoms with Gasteiger partial charge < -0.3 is 4.74 Å². The van der Waals surface area contributed by atoms with Crippen LogP contribution in [0.5, 0.6) is 0 Å². The summed E-state index contributed by atoms with van der Waals surface area (Å²) in [4.78, 5) is 0. The van der Waals surface area contributed by atoms with Gasteiger partial charge in [0, 0.05) is 0 Å². The molecule has 0 spiro atoms. The molecule has 0 aromatic rings. The van der Waals surface area contributed by atoms with Gasteiger partial charge in [-0.3, -0.25) is 4.18 Å². The molecule has 0 bridgehead atoms. The molecule has 1 saturated heterocycles. The minimum atomic E-state index is -3.44. The smallest absolute Gasteiger partial charge is 0.264 e. The predicted octanol–water partition coefficient (Wildman–Crippen LogP) is 4.70. The Bertz CT molecular complexity index is 684. The Morgan fingerprint density at radius 3 is 2.19 bits per heavy atom. The van der Waals surface area contributed by atoms with E-state index in [4.69, 9.17) is 8.92 Å². The summed E-state index contributed by atoms with van der Waals surface area (Å²) < 4.78 is 35.7. The standard InChI is InChI=1S/C21H36O4S/c1-8-19(4)12-9-16-20(5)13-11-17(24-26(7,22)23)18(2,3)15(20)10-14-21(16,6)25-19/h8,15-17H,1,9-14H2,2-7H3/t15?,16-,17+,19-,20+,21-/m0/s1. The summed E-state index contributed by atoms with van der Waals surface area (Å²) >= 11 is 0. The highest BCUT2D eigenvalue weighted by Gasteiger charge is 2.63. The number of hydrogen-bond donors (Lipinski definition) is 0. The Morgan fingerprint density at radius 2 is 1.62 bits per heavy atom. The molecule has 1 aliphatic heterocycles. The van der Waals surface area contributed by atoms with Gasteiger partial charge in [-0.1, -0.05) is 26.8 Å². The van der Waals surface area contributed by atoms with E-state index in [0.29, 0.717) is 11.8 Å². The second-order valence-corrected chi connectivity index (χ2v) is 11.9. The summed E-state index contributed by atoms with van der Waals surface area (Å²) in [6.07, 6.45) is 8.88. The molecule has 4 nitrogen and oxygen atoms in total. The maximum Gasteiger partial charge on any atom is 0.264 e. The number of hydrogen-bond acceptors (Lipinski definition) is 4. The minimum absolute atomic E-state index is 0.132. The maximum atomic E-state index is 11.8. The molecule has 26 heavy (non-hydrogen) atoms. The summed E-state index contributed by atoms with van der Waals surface area (Å²) in [5, 5.41) is 0. The molecule has 0 aromatic heterocycles. The van der Waals surface area contributed by atoms with Gasteiger partial charge in [-0.25, -0.2) is 0 Å². The lowest BCUT2D eigenvalue weighted by Gasteiger charge is -2.66. The zero-order chi connectivity index (χ0) is 19.6. The molecular weight excluding hydrogens is 348 g/mol. The van der Waals surface area contributed by atoms with E-state index in [2.05, 4.69) is 41.2 Å². The molecule has 1 unspecified atom stereocenters. The van der Waals surface area contributed by atoms with Crippen LogP contribution in [0.1, 0.15) is 73.1 Å². The van der Waals surface area contributed by atoms with Crippen LogP contribution in [-0.2, 0) is 19.0 Å². The van der Waals surface area contributed by atoms with E-state index >= 15 is 0 Å². The quantitative estimate of drug-likeness (QED) is 0.523. The average Bonchev–Trinajstić information content (AvgIpc) is 2.48. The van der Waals surface area contributed by atoms with Crippen molar-refractivity contribution in [2.75, 3.05) is 6.26 Å². The molecule has 0 N–H and O–H groups in total. The van der Waals surface area contributed by atoms with Crippen LogP contribution in [0.25, 0.3) is 0 Å².